The maximum Gasteiger partial charge on any atom is 0.407 e. The molecule has 0 aromatic heterocycles. The minimum atomic E-state index is -1.12. The molecule has 2 aromatic rings. The van der Waals surface area contributed by atoms with Crippen LogP contribution in [-0.4, -0.2) is 54.5 Å². The molecule has 3 N–H and O–H groups in total. The quantitative estimate of drug-likeness (QED) is 0.550. The largest absolute Gasteiger partial charge is 0.479 e. The number of rotatable bonds is 8. The highest BCUT2D eigenvalue weighted by molar-refractivity contribution is 5.87. The summed E-state index contributed by atoms with van der Waals surface area (Å²) in [4.78, 5) is 36.9. The zero-order chi connectivity index (χ0) is 24.2. The van der Waals surface area contributed by atoms with Gasteiger partial charge in [0.15, 0.2) is 6.10 Å². The molecule has 180 valence electrons. The van der Waals surface area contributed by atoms with Gasteiger partial charge in [-0.1, -0.05) is 62.4 Å². The Bertz CT molecular complexity index is 1020. The van der Waals surface area contributed by atoms with E-state index >= 15 is 0 Å². The van der Waals surface area contributed by atoms with Crippen LogP contribution in [-0.2, 0) is 19.1 Å². The summed E-state index contributed by atoms with van der Waals surface area (Å²) in [5, 5.41) is 14.7. The molecule has 1 unspecified atom stereocenters. The van der Waals surface area contributed by atoms with Gasteiger partial charge < -0.3 is 25.2 Å². The van der Waals surface area contributed by atoms with Crippen molar-refractivity contribution in [1.82, 2.24) is 10.6 Å². The molecule has 1 heterocycles. The van der Waals surface area contributed by atoms with E-state index < -0.39 is 36.2 Å². The van der Waals surface area contributed by atoms with E-state index in [1.807, 2.05) is 50.2 Å². The molecule has 4 rings (SSSR count). The van der Waals surface area contributed by atoms with Crippen molar-refractivity contribution in [1.29, 1.82) is 0 Å². The number of hydrogen-bond donors (Lipinski definition) is 3. The van der Waals surface area contributed by atoms with Crippen LogP contribution < -0.4 is 10.6 Å². The maximum absolute atomic E-state index is 12.9. The van der Waals surface area contributed by atoms with Crippen LogP contribution in [0, 0.1) is 5.92 Å². The van der Waals surface area contributed by atoms with E-state index in [1.54, 1.807) is 0 Å². The van der Waals surface area contributed by atoms with E-state index in [-0.39, 0.29) is 25.0 Å². The van der Waals surface area contributed by atoms with Crippen LogP contribution in [0.1, 0.15) is 43.7 Å². The molecule has 1 aliphatic heterocycles. The molecule has 1 saturated heterocycles. The Hall–Kier alpha value is -3.39. The molecule has 34 heavy (non-hydrogen) atoms. The lowest BCUT2D eigenvalue weighted by Crippen LogP contribution is -2.53. The highest BCUT2D eigenvalue weighted by Gasteiger charge is 2.37. The van der Waals surface area contributed by atoms with Crippen molar-refractivity contribution in [2.75, 3.05) is 13.2 Å². The van der Waals surface area contributed by atoms with E-state index in [4.69, 9.17) is 9.47 Å². The number of ether oxygens (including phenoxy) is 2. The van der Waals surface area contributed by atoms with Gasteiger partial charge in [0.1, 0.15) is 12.6 Å². The molecule has 8 heteroatoms. The molecule has 0 radical (unpaired) electrons. The predicted octanol–water partition coefficient (Wildman–Crippen LogP) is 3.30. The average Bonchev–Trinajstić information content (AvgIpc) is 3.39. The topological polar surface area (TPSA) is 114 Å². The molecule has 2 aliphatic rings. The molecule has 0 spiro atoms. The molecule has 0 saturated carbocycles. The van der Waals surface area contributed by atoms with Gasteiger partial charge in [-0.3, -0.25) is 4.79 Å². The predicted molar refractivity (Wildman–Crippen MR) is 125 cm³/mol. The van der Waals surface area contributed by atoms with Gasteiger partial charge in [-0.2, -0.15) is 0 Å². The van der Waals surface area contributed by atoms with E-state index in [2.05, 4.69) is 22.8 Å². The number of hydrogen-bond acceptors (Lipinski definition) is 5. The SMILES string of the molecule is CC(C)CC(NC(=O)OCC1c2ccccc2-c2ccccc21)C(=O)N[C@@H]1CCO[C@@H]1C(=O)O. The van der Waals surface area contributed by atoms with Gasteiger partial charge in [0.05, 0.1) is 6.04 Å². The number of benzene rings is 2. The smallest absolute Gasteiger partial charge is 0.407 e. The van der Waals surface area contributed by atoms with Crippen molar-refractivity contribution >= 4 is 18.0 Å². The lowest BCUT2D eigenvalue weighted by atomic mass is 9.98. The summed E-state index contributed by atoms with van der Waals surface area (Å²) in [6.45, 7) is 4.29. The fraction of sp³-hybridized carbons (Fsp3) is 0.423. The monoisotopic (exact) mass is 466 g/mol. The van der Waals surface area contributed by atoms with E-state index in [1.165, 1.54) is 0 Å². The molecule has 2 amide bonds. The molecule has 1 aliphatic carbocycles. The third kappa shape index (κ3) is 5.07. The Kier molecular flexibility index (Phi) is 7.17. The van der Waals surface area contributed by atoms with Crippen LogP contribution in [0.2, 0.25) is 0 Å². The Morgan fingerprint density at radius 3 is 2.26 bits per heavy atom. The van der Waals surface area contributed by atoms with Gasteiger partial charge >= 0.3 is 12.1 Å². The lowest BCUT2D eigenvalue weighted by molar-refractivity contribution is -0.148. The van der Waals surface area contributed by atoms with Crippen LogP contribution in [0.4, 0.5) is 4.79 Å². The number of carboxylic acids is 1. The van der Waals surface area contributed by atoms with Gasteiger partial charge in [0.25, 0.3) is 0 Å². The van der Waals surface area contributed by atoms with Gasteiger partial charge in [0, 0.05) is 12.5 Å². The number of fused-ring (bicyclic) bond motifs is 3. The number of aliphatic carboxylic acids is 1. The molecule has 0 bridgehead atoms. The summed E-state index contributed by atoms with van der Waals surface area (Å²) >= 11 is 0. The van der Waals surface area contributed by atoms with E-state index in [0.29, 0.717) is 12.8 Å². The number of nitrogens with one attached hydrogen (secondary N) is 2. The van der Waals surface area contributed by atoms with E-state index in [0.717, 1.165) is 22.3 Å². The second kappa shape index (κ2) is 10.3. The zero-order valence-corrected chi connectivity index (χ0v) is 19.3. The first kappa shape index (κ1) is 23.8. The molecular weight excluding hydrogens is 436 g/mol. The van der Waals surface area contributed by atoms with Crippen molar-refractivity contribution in [3.05, 3.63) is 59.7 Å². The lowest BCUT2D eigenvalue weighted by Gasteiger charge is -2.24. The van der Waals surface area contributed by atoms with Gasteiger partial charge in [-0.25, -0.2) is 9.59 Å². The van der Waals surface area contributed by atoms with Crippen molar-refractivity contribution < 1.29 is 29.0 Å². The van der Waals surface area contributed by atoms with Crippen LogP contribution in [0.3, 0.4) is 0 Å². The first-order chi connectivity index (χ1) is 16.3. The Balaban J connectivity index is 1.40. The van der Waals surface area contributed by atoms with Crippen LogP contribution in [0.5, 0.6) is 0 Å². The number of carboxylic acid groups (broad SMARTS) is 1. The molecule has 8 nitrogen and oxygen atoms in total. The number of carbonyl (C=O) groups is 3. The van der Waals surface area contributed by atoms with Crippen molar-refractivity contribution in [3.63, 3.8) is 0 Å². The Labute approximate surface area is 198 Å². The molecule has 1 fully saturated rings. The summed E-state index contributed by atoms with van der Waals surface area (Å²) in [6.07, 6.45) is -0.971. The van der Waals surface area contributed by atoms with Crippen molar-refractivity contribution in [3.8, 4) is 11.1 Å². The van der Waals surface area contributed by atoms with E-state index in [9.17, 15) is 19.5 Å². The zero-order valence-electron chi connectivity index (χ0n) is 19.3. The first-order valence-corrected chi connectivity index (χ1v) is 11.6. The van der Waals surface area contributed by atoms with Crippen molar-refractivity contribution in [2.24, 2.45) is 5.92 Å². The first-order valence-electron chi connectivity index (χ1n) is 11.6. The summed E-state index contributed by atoms with van der Waals surface area (Å²) < 4.78 is 10.8. The summed E-state index contributed by atoms with van der Waals surface area (Å²) in [5.74, 6) is -1.51. The second-order valence-corrected chi connectivity index (χ2v) is 9.19. The minimum absolute atomic E-state index is 0.0810. The van der Waals surface area contributed by atoms with Crippen LogP contribution >= 0.6 is 0 Å². The standard InChI is InChI=1S/C26H30N2O6/c1-15(2)13-22(24(29)27-21-11-12-33-23(21)25(30)31)28-26(32)34-14-20-18-9-5-3-7-16(18)17-8-4-6-10-19(17)20/h3-10,15,20-23H,11-14H2,1-2H3,(H,27,29)(H,28,32)(H,30,31)/t21-,22?,23+/m1/s1. The molecule has 3 atom stereocenters. The normalized spacial score (nSPS) is 19.9. The maximum atomic E-state index is 12.9. The number of alkyl carbamates (subject to hydrolysis) is 1. The summed E-state index contributed by atoms with van der Waals surface area (Å²) in [7, 11) is 0. The van der Waals surface area contributed by atoms with Crippen molar-refractivity contribution in [2.45, 2.75) is 50.8 Å². The molecule has 2 aromatic carbocycles. The number of amides is 2. The fourth-order valence-corrected chi connectivity index (χ4v) is 4.75. The van der Waals surface area contributed by atoms with Gasteiger partial charge in [-0.05, 0) is 41.0 Å². The summed E-state index contributed by atoms with van der Waals surface area (Å²) in [5.41, 5.74) is 4.48. The second-order valence-electron chi connectivity index (χ2n) is 9.19. The van der Waals surface area contributed by atoms with Crippen LogP contribution in [0.25, 0.3) is 11.1 Å². The van der Waals surface area contributed by atoms with Crippen LogP contribution in [0.15, 0.2) is 48.5 Å². The molecular formula is C26H30N2O6. The number of carbonyl (C=O) groups excluding carboxylic acids is 2. The van der Waals surface area contributed by atoms with Gasteiger partial charge in [0.2, 0.25) is 5.91 Å². The highest BCUT2D eigenvalue weighted by atomic mass is 16.5. The Morgan fingerprint density at radius 2 is 1.68 bits per heavy atom. The average molecular weight is 467 g/mol. The third-order valence-corrected chi connectivity index (χ3v) is 6.32. The fourth-order valence-electron chi connectivity index (χ4n) is 4.75. The summed E-state index contributed by atoms with van der Waals surface area (Å²) in [6, 6.07) is 14.7. The van der Waals surface area contributed by atoms with Gasteiger partial charge in [-0.15, -0.1) is 0 Å². The third-order valence-electron chi connectivity index (χ3n) is 6.32. The minimum Gasteiger partial charge on any atom is -0.479 e. The highest BCUT2D eigenvalue weighted by Crippen LogP contribution is 2.44. The Morgan fingerprint density at radius 1 is 1.06 bits per heavy atom.